The topological polar surface area (TPSA) is 37.4 Å². The van der Waals surface area contributed by atoms with Crippen molar-refractivity contribution in [2.45, 2.75) is 25.3 Å². The predicted octanol–water partition coefficient (Wildman–Crippen LogP) is 3.61. The van der Waals surface area contributed by atoms with Crippen molar-refractivity contribution in [2.24, 2.45) is 23.7 Å². The van der Waals surface area contributed by atoms with Gasteiger partial charge in [-0.2, -0.15) is 0 Å². The quantitative estimate of drug-likeness (QED) is 0.806. The van der Waals surface area contributed by atoms with E-state index in [9.17, 15) is 9.59 Å². The highest BCUT2D eigenvalue weighted by molar-refractivity contribution is 6.06. The monoisotopic (exact) mass is 331 g/mol. The molecule has 3 aliphatic rings. The van der Waals surface area contributed by atoms with Gasteiger partial charge in [-0.15, -0.1) is 0 Å². The van der Waals surface area contributed by atoms with Crippen LogP contribution in [-0.2, 0) is 16.1 Å². The first-order valence-electron chi connectivity index (χ1n) is 9.18. The van der Waals surface area contributed by atoms with Crippen molar-refractivity contribution in [3.05, 3.63) is 71.8 Å². The molecule has 126 valence electrons. The summed E-state index contributed by atoms with van der Waals surface area (Å²) in [6.07, 6.45) is 2.08. The van der Waals surface area contributed by atoms with Crippen molar-refractivity contribution >= 4 is 11.8 Å². The number of fused-ring (bicyclic) bond motifs is 5. The van der Waals surface area contributed by atoms with Crippen LogP contribution in [0, 0.1) is 23.7 Å². The number of carbonyl (C=O) groups is 2. The molecular formula is C22H21NO2. The summed E-state index contributed by atoms with van der Waals surface area (Å²) >= 11 is 0. The van der Waals surface area contributed by atoms with Gasteiger partial charge >= 0.3 is 0 Å². The van der Waals surface area contributed by atoms with Crippen molar-refractivity contribution in [3.63, 3.8) is 0 Å². The summed E-state index contributed by atoms with van der Waals surface area (Å²) in [7, 11) is 0. The summed E-state index contributed by atoms with van der Waals surface area (Å²) in [6, 6.07) is 20.3. The van der Waals surface area contributed by atoms with E-state index in [2.05, 4.69) is 24.3 Å². The molecule has 25 heavy (non-hydrogen) atoms. The molecule has 0 spiro atoms. The average molecular weight is 331 g/mol. The van der Waals surface area contributed by atoms with Gasteiger partial charge in [0.25, 0.3) is 0 Å². The van der Waals surface area contributed by atoms with Gasteiger partial charge in [0.1, 0.15) is 0 Å². The zero-order valence-electron chi connectivity index (χ0n) is 14.0. The van der Waals surface area contributed by atoms with Gasteiger partial charge in [0.15, 0.2) is 0 Å². The van der Waals surface area contributed by atoms with Gasteiger partial charge in [0.05, 0.1) is 18.4 Å². The molecule has 2 amide bonds. The van der Waals surface area contributed by atoms with Crippen molar-refractivity contribution < 1.29 is 9.59 Å². The number of imide groups is 1. The Labute approximate surface area is 147 Å². The van der Waals surface area contributed by atoms with Crippen LogP contribution in [0.1, 0.15) is 29.9 Å². The van der Waals surface area contributed by atoms with Crippen LogP contribution in [0.2, 0.25) is 0 Å². The minimum absolute atomic E-state index is 0.0620. The average Bonchev–Trinajstić information content (AvgIpc) is 3.31. The number of hydrogen-bond acceptors (Lipinski definition) is 2. The Hall–Kier alpha value is -2.42. The third-order valence-electron chi connectivity index (χ3n) is 6.52. The van der Waals surface area contributed by atoms with Crippen LogP contribution in [0.3, 0.4) is 0 Å². The van der Waals surface area contributed by atoms with Crippen molar-refractivity contribution in [1.29, 1.82) is 0 Å². The van der Waals surface area contributed by atoms with Crippen LogP contribution in [0.25, 0.3) is 0 Å². The van der Waals surface area contributed by atoms with E-state index in [0.29, 0.717) is 24.3 Å². The summed E-state index contributed by atoms with van der Waals surface area (Å²) < 4.78 is 0. The van der Waals surface area contributed by atoms with Crippen molar-refractivity contribution in [1.82, 2.24) is 4.90 Å². The molecule has 3 heteroatoms. The minimum atomic E-state index is -0.0971. The van der Waals surface area contributed by atoms with Crippen LogP contribution < -0.4 is 0 Å². The molecule has 0 N–H and O–H groups in total. The van der Waals surface area contributed by atoms with Gasteiger partial charge in [0.2, 0.25) is 11.8 Å². The first-order chi connectivity index (χ1) is 12.2. The molecule has 3 nitrogen and oxygen atoms in total. The fourth-order valence-electron chi connectivity index (χ4n) is 5.53. The van der Waals surface area contributed by atoms with Gasteiger partial charge in [-0.05, 0) is 41.7 Å². The zero-order valence-corrected chi connectivity index (χ0v) is 14.0. The second-order valence-corrected chi connectivity index (χ2v) is 7.71. The van der Waals surface area contributed by atoms with E-state index in [-0.39, 0.29) is 23.7 Å². The largest absolute Gasteiger partial charge is 0.278 e. The summed E-state index contributed by atoms with van der Waals surface area (Å²) in [5, 5.41) is 0. The molecule has 1 saturated heterocycles. The molecule has 5 atom stereocenters. The molecule has 2 aromatic rings. The zero-order chi connectivity index (χ0) is 17.0. The Morgan fingerprint density at radius 3 is 2.16 bits per heavy atom. The first kappa shape index (κ1) is 14.9. The Morgan fingerprint density at radius 2 is 1.44 bits per heavy atom. The molecule has 2 saturated carbocycles. The molecule has 3 fully saturated rings. The maximum absolute atomic E-state index is 13.1. The summed E-state index contributed by atoms with van der Waals surface area (Å²) in [4.78, 5) is 27.5. The standard InChI is InChI=1S/C22H21NO2/c24-21-19-16-11-17(15-9-5-2-6-10-15)18(12-16)20(19)22(25)23(21)13-14-7-3-1-4-8-14/h1-10,16-20H,11-13H2/t16-,17-,18+,19-,20-/m0/s1. The van der Waals surface area contributed by atoms with Gasteiger partial charge in [-0.1, -0.05) is 60.7 Å². The molecule has 1 heterocycles. The molecule has 2 aromatic carbocycles. The second-order valence-electron chi connectivity index (χ2n) is 7.71. The Kier molecular flexibility index (Phi) is 3.30. The highest BCUT2D eigenvalue weighted by Gasteiger charge is 2.63. The van der Waals surface area contributed by atoms with E-state index in [1.54, 1.807) is 0 Å². The van der Waals surface area contributed by atoms with Crippen LogP contribution >= 0.6 is 0 Å². The fourth-order valence-corrected chi connectivity index (χ4v) is 5.53. The van der Waals surface area contributed by atoms with Crippen LogP contribution in [0.5, 0.6) is 0 Å². The third-order valence-corrected chi connectivity index (χ3v) is 6.52. The third kappa shape index (κ3) is 2.18. The number of carbonyl (C=O) groups excluding carboxylic acids is 2. The Morgan fingerprint density at radius 1 is 0.800 bits per heavy atom. The second kappa shape index (κ2) is 5.55. The lowest BCUT2D eigenvalue weighted by atomic mass is 9.73. The lowest BCUT2D eigenvalue weighted by molar-refractivity contribution is -0.141. The molecule has 1 aliphatic heterocycles. The molecule has 2 aliphatic carbocycles. The lowest BCUT2D eigenvalue weighted by Gasteiger charge is -2.28. The van der Waals surface area contributed by atoms with E-state index in [1.165, 1.54) is 10.5 Å². The SMILES string of the molecule is O=C1[C@H]2[C@@H]3C[C@@H]([C@@H]2C(=O)N1Cc1ccccc1)[C@H](c1ccccc1)C3. The number of likely N-dealkylation sites (tertiary alicyclic amines) is 1. The van der Waals surface area contributed by atoms with Gasteiger partial charge in [-0.25, -0.2) is 0 Å². The molecule has 0 unspecified atom stereocenters. The van der Waals surface area contributed by atoms with E-state index in [1.807, 2.05) is 36.4 Å². The normalized spacial score (nSPS) is 33.1. The number of benzene rings is 2. The summed E-state index contributed by atoms with van der Waals surface area (Å²) in [6.45, 7) is 0.418. The number of amides is 2. The molecule has 2 bridgehead atoms. The summed E-state index contributed by atoms with van der Waals surface area (Å²) in [5.41, 5.74) is 2.35. The summed E-state index contributed by atoms with van der Waals surface area (Å²) in [5.74, 6) is 1.10. The van der Waals surface area contributed by atoms with Gasteiger partial charge in [-0.3, -0.25) is 14.5 Å². The molecular weight excluding hydrogens is 310 g/mol. The van der Waals surface area contributed by atoms with Crippen LogP contribution in [-0.4, -0.2) is 16.7 Å². The van der Waals surface area contributed by atoms with E-state index >= 15 is 0 Å². The Balaban J connectivity index is 1.42. The van der Waals surface area contributed by atoms with Crippen LogP contribution in [0.15, 0.2) is 60.7 Å². The molecule has 0 radical (unpaired) electrons. The maximum Gasteiger partial charge on any atom is 0.233 e. The highest BCUT2D eigenvalue weighted by Crippen LogP contribution is 2.61. The van der Waals surface area contributed by atoms with Crippen molar-refractivity contribution in [2.75, 3.05) is 0 Å². The number of hydrogen-bond donors (Lipinski definition) is 0. The van der Waals surface area contributed by atoms with Gasteiger partial charge in [0, 0.05) is 0 Å². The Bertz CT molecular complexity index is 816. The van der Waals surface area contributed by atoms with Crippen molar-refractivity contribution in [3.8, 4) is 0 Å². The number of nitrogens with zero attached hydrogens (tertiary/aromatic N) is 1. The fraction of sp³-hybridized carbons (Fsp3) is 0.364. The minimum Gasteiger partial charge on any atom is -0.278 e. The van der Waals surface area contributed by atoms with E-state index in [4.69, 9.17) is 0 Å². The van der Waals surface area contributed by atoms with E-state index < -0.39 is 0 Å². The smallest absolute Gasteiger partial charge is 0.233 e. The molecule has 5 rings (SSSR count). The van der Waals surface area contributed by atoms with E-state index in [0.717, 1.165) is 18.4 Å². The molecule has 0 aromatic heterocycles. The predicted molar refractivity (Wildman–Crippen MR) is 94.4 cm³/mol. The lowest BCUT2D eigenvalue weighted by Crippen LogP contribution is -2.32. The van der Waals surface area contributed by atoms with Crippen LogP contribution in [0.4, 0.5) is 0 Å². The number of rotatable bonds is 3. The maximum atomic E-state index is 13.1. The first-order valence-corrected chi connectivity index (χ1v) is 9.18. The highest BCUT2D eigenvalue weighted by atomic mass is 16.2. The van der Waals surface area contributed by atoms with Gasteiger partial charge < -0.3 is 0 Å².